The fourth-order valence-electron chi connectivity index (χ4n) is 15.5. The summed E-state index contributed by atoms with van der Waals surface area (Å²) < 4.78 is 36.1. The van der Waals surface area contributed by atoms with Crippen LogP contribution in [0.2, 0.25) is 0 Å². The zero-order valence-electron chi connectivity index (χ0n) is 37.5. The van der Waals surface area contributed by atoms with Crippen LogP contribution in [0.1, 0.15) is 126 Å². The van der Waals surface area contributed by atoms with Crippen molar-refractivity contribution in [3.05, 3.63) is 60.0 Å². The van der Waals surface area contributed by atoms with E-state index in [-0.39, 0.29) is 33.2 Å². The topological polar surface area (TPSA) is 97.8 Å². The largest absolute Gasteiger partial charge is 0.492 e. The van der Waals surface area contributed by atoms with Gasteiger partial charge in [-0.05, 0) is 165 Å². The number of pyridine rings is 1. The summed E-state index contributed by atoms with van der Waals surface area (Å²) in [7, 11) is -2.87. The molecule has 5 fully saturated rings. The molecule has 6 aliphatic carbocycles. The van der Waals surface area contributed by atoms with Gasteiger partial charge in [0.2, 0.25) is 0 Å². The molecule has 8 nitrogen and oxygen atoms in total. The second-order valence-corrected chi connectivity index (χ2v) is 24.0. The lowest BCUT2D eigenvalue weighted by Gasteiger charge is -2.72. The van der Waals surface area contributed by atoms with Gasteiger partial charge in [0.15, 0.2) is 9.84 Å². The van der Waals surface area contributed by atoms with Gasteiger partial charge in [-0.15, -0.1) is 0 Å². The Hall–Kier alpha value is -2.49. The van der Waals surface area contributed by atoms with E-state index in [9.17, 15) is 13.2 Å². The molecular weight excluding hydrogens is 755 g/mol. The molecule has 0 amide bonds. The van der Waals surface area contributed by atoms with E-state index in [1.807, 2.05) is 19.1 Å². The minimum absolute atomic E-state index is 0.0378. The van der Waals surface area contributed by atoms with Gasteiger partial charge in [0.05, 0.1) is 18.1 Å². The maximum Gasteiger partial charge on any atom is 0.315 e. The van der Waals surface area contributed by atoms with E-state index in [1.165, 1.54) is 68.1 Å². The Bertz CT molecular complexity index is 1930. The highest BCUT2D eigenvalue weighted by Gasteiger charge is 2.70. The van der Waals surface area contributed by atoms with Crippen LogP contribution in [-0.2, 0) is 19.4 Å². The molecule has 2 heterocycles. The standard InChI is InChI=1S/C50H75N3O5S/c1-9-57-44(54)49(34-58-37-17-26-51-27-18-37)21-12-36(13-22-49)39-15-19-46(6)41(45(39,4)5)16-20-48(8)42(46)11-10-40-43-38(35(2)3)14-23-50(43,25-24-47(40,48)7)52-28-29-53-30-32-59(55,56)33-31-53/h12,15,17-18,26-27,38,40-43,52H,2,9-11,13-14,16,19-25,28-34H2,1,3-8H3/t38-,40+,41-,42+,43+,46-,47+,48+,49?,50-/m0/s1. The zero-order valence-corrected chi connectivity index (χ0v) is 38.4. The van der Waals surface area contributed by atoms with Crippen molar-refractivity contribution < 1.29 is 22.7 Å². The number of nitrogens with zero attached hydrogens (tertiary/aromatic N) is 2. The number of hydrogen-bond acceptors (Lipinski definition) is 8. The average molecular weight is 830 g/mol. The van der Waals surface area contributed by atoms with Crippen LogP contribution in [-0.4, -0.2) is 80.7 Å². The number of aromatic nitrogens is 1. The molecule has 1 aromatic heterocycles. The lowest BCUT2D eigenvalue weighted by molar-refractivity contribution is -0.221. The first-order valence-corrected chi connectivity index (χ1v) is 25.2. The van der Waals surface area contributed by atoms with Gasteiger partial charge >= 0.3 is 5.97 Å². The number of allylic oxidation sites excluding steroid dienone is 5. The Morgan fingerprint density at radius 2 is 1.66 bits per heavy atom. The third-order valence-electron chi connectivity index (χ3n) is 18.8. The molecule has 4 saturated carbocycles. The summed E-state index contributed by atoms with van der Waals surface area (Å²) >= 11 is 0. The van der Waals surface area contributed by atoms with Crippen LogP contribution in [0, 0.1) is 56.7 Å². The molecule has 0 bridgehead atoms. The number of rotatable bonds is 11. The molecule has 1 aliphatic heterocycles. The molecule has 1 N–H and O–H groups in total. The van der Waals surface area contributed by atoms with Crippen molar-refractivity contribution in [1.82, 2.24) is 15.2 Å². The van der Waals surface area contributed by atoms with Crippen molar-refractivity contribution >= 4 is 15.8 Å². The summed E-state index contributed by atoms with van der Waals surface area (Å²) in [5.41, 5.74) is 4.59. The third kappa shape index (κ3) is 7.21. The maximum absolute atomic E-state index is 13.5. The Kier molecular flexibility index (Phi) is 11.5. The molecule has 0 aromatic carbocycles. The van der Waals surface area contributed by atoms with Crippen molar-refractivity contribution in [2.75, 3.05) is 50.9 Å². The Morgan fingerprint density at radius 1 is 0.915 bits per heavy atom. The van der Waals surface area contributed by atoms with Crippen LogP contribution >= 0.6 is 0 Å². The lowest BCUT2D eigenvalue weighted by Crippen LogP contribution is -2.68. The predicted octanol–water partition coefficient (Wildman–Crippen LogP) is 9.39. The molecular formula is C50H75N3O5S. The summed E-state index contributed by atoms with van der Waals surface area (Å²) in [6.45, 7) is 25.9. The number of nitrogens with one attached hydrogen (secondary N) is 1. The van der Waals surface area contributed by atoms with Crippen LogP contribution in [0.15, 0.2) is 60.0 Å². The maximum atomic E-state index is 13.5. The number of fused-ring (bicyclic) bond motifs is 7. The van der Waals surface area contributed by atoms with Crippen molar-refractivity contribution in [1.29, 1.82) is 0 Å². The molecule has 10 atom stereocenters. The summed E-state index contributed by atoms with van der Waals surface area (Å²) in [6.07, 6.45) is 22.0. The highest BCUT2D eigenvalue weighted by molar-refractivity contribution is 7.91. The van der Waals surface area contributed by atoms with Gasteiger partial charge in [0.25, 0.3) is 0 Å². The Balaban J connectivity index is 1.01. The number of sulfone groups is 1. The number of hydrogen-bond donors (Lipinski definition) is 1. The van der Waals surface area contributed by atoms with Crippen LogP contribution in [0.3, 0.4) is 0 Å². The molecule has 1 saturated heterocycles. The fourth-order valence-corrected chi connectivity index (χ4v) is 16.8. The molecule has 59 heavy (non-hydrogen) atoms. The minimum atomic E-state index is -2.87. The second-order valence-electron chi connectivity index (χ2n) is 21.7. The smallest absolute Gasteiger partial charge is 0.315 e. The molecule has 1 aromatic rings. The summed E-state index contributed by atoms with van der Waals surface area (Å²) in [6, 6.07) is 3.70. The summed E-state index contributed by atoms with van der Waals surface area (Å²) in [5, 5.41) is 4.24. The van der Waals surface area contributed by atoms with Crippen LogP contribution < -0.4 is 10.1 Å². The number of carbonyl (C=O) groups excluding carboxylic acids is 1. The number of ether oxygens (including phenoxy) is 2. The highest BCUT2D eigenvalue weighted by atomic mass is 32.2. The molecule has 0 radical (unpaired) electrons. The monoisotopic (exact) mass is 830 g/mol. The Labute approximate surface area is 356 Å². The summed E-state index contributed by atoms with van der Waals surface area (Å²) in [4.78, 5) is 20.0. The van der Waals surface area contributed by atoms with E-state index in [0.717, 1.165) is 38.1 Å². The van der Waals surface area contributed by atoms with E-state index in [1.54, 1.807) is 12.4 Å². The van der Waals surface area contributed by atoms with Crippen molar-refractivity contribution in [2.24, 2.45) is 56.7 Å². The van der Waals surface area contributed by atoms with Crippen molar-refractivity contribution in [3.8, 4) is 5.75 Å². The average Bonchev–Trinajstić information content (AvgIpc) is 3.59. The van der Waals surface area contributed by atoms with Crippen molar-refractivity contribution in [3.63, 3.8) is 0 Å². The number of carbonyl (C=O) groups is 1. The summed E-state index contributed by atoms with van der Waals surface area (Å²) in [5.74, 6) is 4.30. The van der Waals surface area contributed by atoms with Gasteiger partial charge in [0.1, 0.15) is 17.8 Å². The van der Waals surface area contributed by atoms with Crippen LogP contribution in [0.5, 0.6) is 5.75 Å². The third-order valence-corrected chi connectivity index (χ3v) is 20.4. The van der Waals surface area contributed by atoms with Gasteiger partial charge in [-0.3, -0.25) is 9.78 Å². The van der Waals surface area contributed by atoms with Crippen molar-refractivity contribution in [2.45, 2.75) is 131 Å². The van der Waals surface area contributed by atoms with E-state index in [2.05, 4.69) is 75.5 Å². The van der Waals surface area contributed by atoms with Gasteiger partial charge < -0.3 is 19.7 Å². The quantitative estimate of drug-likeness (QED) is 0.174. The fraction of sp³-hybridized carbons (Fsp3) is 0.760. The SMILES string of the molecule is C=C(C)[C@@H]1CC[C@]2(NCCN3CCS(=O)(=O)CC3)CC[C@]3(C)[C@H](CC[C@@H]4[C@@]5(C)CC=C(C6=CCC(COc7ccncc7)(C(=O)OCC)CC6)C(C)(C)[C@@H]5CC[C@]43C)[C@@H]12. The minimum Gasteiger partial charge on any atom is -0.492 e. The normalized spacial score (nSPS) is 41.2. The van der Waals surface area contributed by atoms with Crippen LogP contribution in [0.4, 0.5) is 0 Å². The molecule has 9 heteroatoms. The van der Waals surface area contributed by atoms with E-state index in [0.29, 0.717) is 73.8 Å². The highest BCUT2D eigenvalue weighted by Crippen LogP contribution is 2.76. The predicted molar refractivity (Wildman–Crippen MR) is 237 cm³/mol. The Morgan fingerprint density at radius 3 is 2.34 bits per heavy atom. The second kappa shape index (κ2) is 15.7. The molecule has 8 rings (SSSR count). The zero-order chi connectivity index (χ0) is 42.1. The van der Waals surface area contributed by atoms with E-state index >= 15 is 0 Å². The van der Waals surface area contributed by atoms with Gasteiger partial charge in [-0.1, -0.05) is 58.9 Å². The molecule has 0 spiro atoms. The first-order valence-electron chi connectivity index (χ1n) is 23.4. The van der Waals surface area contributed by atoms with Gasteiger partial charge in [-0.2, -0.15) is 0 Å². The molecule has 1 unspecified atom stereocenters. The van der Waals surface area contributed by atoms with Gasteiger partial charge in [-0.25, -0.2) is 8.42 Å². The van der Waals surface area contributed by atoms with E-state index in [4.69, 9.17) is 9.47 Å². The molecule has 326 valence electrons. The van der Waals surface area contributed by atoms with Crippen LogP contribution in [0.25, 0.3) is 0 Å². The van der Waals surface area contributed by atoms with Gasteiger partial charge in [0, 0.05) is 44.1 Å². The first kappa shape index (κ1) is 43.2. The number of esters is 1. The lowest BCUT2D eigenvalue weighted by atomic mass is 9.33. The van der Waals surface area contributed by atoms with E-state index < -0.39 is 15.3 Å². The molecule has 7 aliphatic rings. The first-order chi connectivity index (χ1) is 27.9.